The molecule has 0 spiro atoms. The number of aliphatic hydroxyl groups excluding tert-OH is 1. The number of carboxylic acids is 1. The molecule has 1 rings (SSSR count). The lowest BCUT2D eigenvalue weighted by molar-refractivity contribution is -0.139. The van der Waals surface area contributed by atoms with Gasteiger partial charge in [-0.2, -0.15) is 0 Å². The zero-order valence-electron chi connectivity index (χ0n) is 17.6. The fraction of sp³-hybridized carbons (Fsp3) is 0.450. The third kappa shape index (κ3) is 9.53. The van der Waals surface area contributed by atoms with Crippen molar-refractivity contribution in [1.82, 2.24) is 16.0 Å². The smallest absolute Gasteiger partial charge is 0.322 e. The minimum absolute atomic E-state index is 0.172. The van der Waals surface area contributed by atoms with Crippen LogP contribution in [-0.2, 0) is 30.4 Å². The molecule has 1 aromatic rings. The number of hydrogen-bond acceptors (Lipinski definition) is 7. The van der Waals surface area contributed by atoms with Crippen LogP contribution >= 0.6 is 0 Å². The van der Waals surface area contributed by atoms with Crippen molar-refractivity contribution >= 4 is 29.6 Å². The standard InChI is InChI=1S/C20H29N5O7/c1-11(26)17(20(32)23-10-16(28)29)25-19(31)14(7-8-15(22)27)24-18(30)13(21)9-12-5-3-2-4-6-12/h2-6,11,13-14,17,26H,7-10,21H2,1H3,(H2,22,27)(H,23,32)(H,24,30)(H,25,31)(H,28,29). The largest absolute Gasteiger partial charge is 0.480 e. The number of carbonyl (C=O) groups excluding carboxylic acids is 4. The van der Waals surface area contributed by atoms with E-state index in [0.29, 0.717) is 0 Å². The van der Waals surface area contributed by atoms with Gasteiger partial charge in [-0.1, -0.05) is 30.3 Å². The Balaban J connectivity index is 2.86. The van der Waals surface area contributed by atoms with E-state index in [-0.39, 0.29) is 19.3 Å². The highest BCUT2D eigenvalue weighted by atomic mass is 16.4. The van der Waals surface area contributed by atoms with Gasteiger partial charge in [-0.25, -0.2) is 0 Å². The molecule has 32 heavy (non-hydrogen) atoms. The maximum absolute atomic E-state index is 12.7. The highest BCUT2D eigenvalue weighted by molar-refractivity contribution is 5.94. The van der Waals surface area contributed by atoms with Crippen LogP contribution < -0.4 is 27.4 Å². The number of nitrogens with one attached hydrogen (secondary N) is 3. The van der Waals surface area contributed by atoms with Gasteiger partial charge in [0.25, 0.3) is 0 Å². The molecule has 0 aliphatic carbocycles. The van der Waals surface area contributed by atoms with Crippen LogP contribution in [-0.4, -0.2) is 70.6 Å². The Morgan fingerprint density at radius 3 is 2.16 bits per heavy atom. The summed E-state index contributed by atoms with van der Waals surface area (Å²) in [6.07, 6.45) is -1.59. The number of rotatable bonds is 13. The summed E-state index contributed by atoms with van der Waals surface area (Å²) >= 11 is 0. The fourth-order valence-corrected chi connectivity index (χ4v) is 2.73. The van der Waals surface area contributed by atoms with E-state index in [9.17, 15) is 29.1 Å². The van der Waals surface area contributed by atoms with Crippen molar-refractivity contribution in [2.75, 3.05) is 6.54 Å². The van der Waals surface area contributed by atoms with Gasteiger partial charge in [0.15, 0.2) is 0 Å². The lowest BCUT2D eigenvalue weighted by Crippen LogP contribution is -2.58. The number of benzene rings is 1. The quantitative estimate of drug-likeness (QED) is 0.168. The molecule has 0 saturated heterocycles. The molecule has 4 atom stereocenters. The monoisotopic (exact) mass is 451 g/mol. The number of hydrogen-bond donors (Lipinski definition) is 7. The lowest BCUT2D eigenvalue weighted by Gasteiger charge is -2.25. The Morgan fingerprint density at radius 1 is 1.00 bits per heavy atom. The van der Waals surface area contributed by atoms with Gasteiger partial charge < -0.3 is 37.6 Å². The first-order valence-corrected chi connectivity index (χ1v) is 9.87. The van der Waals surface area contributed by atoms with Crippen LogP contribution in [0.15, 0.2) is 30.3 Å². The van der Waals surface area contributed by atoms with Crippen LogP contribution in [0.3, 0.4) is 0 Å². The van der Waals surface area contributed by atoms with Crippen LogP contribution in [0.2, 0.25) is 0 Å². The molecule has 0 aliphatic rings. The molecule has 0 radical (unpaired) electrons. The molecule has 0 aromatic heterocycles. The Bertz CT molecular complexity index is 816. The van der Waals surface area contributed by atoms with Gasteiger partial charge in [0.05, 0.1) is 12.1 Å². The third-order valence-electron chi connectivity index (χ3n) is 4.42. The number of amides is 4. The molecule has 0 saturated carbocycles. The zero-order valence-corrected chi connectivity index (χ0v) is 17.6. The van der Waals surface area contributed by atoms with E-state index < -0.39 is 60.4 Å². The summed E-state index contributed by atoms with van der Waals surface area (Å²) in [7, 11) is 0. The van der Waals surface area contributed by atoms with Crippen molar-refractivity contribution in [3.8, 4) is 0 Å². The van der Waals surface area contributed by atoms with Crippen molar-refractivity contribution < 1.29 is 34.2 Å². The molecule has 0 aliphatic heterocycles. The first kappa shape index (κ1) is 26.5. The van der Waals surface area contributed by atoms with Crippen LogP contribution in [0.25, 0.3) is 0 Å². The van der Waals surface area contributed by atoms with Gasteiger partial charge in [0.2, 0.25) is 23.6 Å². The number of primary amides is 1. The fourth-order valence-electron chi connectivity index (χ4n) is 2.73. The van der Waals surface area contributed by atoms with Crippen molar-refractivity contribution in [1.29, 1.82) is 0 Å². The van der Waals surface area contributed by atoms with Gasteiger partial charge >= 0.3 is 5.97 Å². The number of aliphatic hydroxyl groups is 1. The summed E-state index contributed by atoms with van der Waals surface area (Å²) in [5.41, 5.74) is 11.9. The number of carbonyl (C=O) groups is 5. The van der Waals surface area contributed by atoms with Crippen molar-refractivity contribution in [3.63, 3.8) is 0 Å². The first-order chi connectivity index (χ1) is 15.0. The molecule has 12 nitrogen and oxygen atoms in total. The Hall–Kier alpha value is -3.51. The molecule has 4 unspecified atom stereocenters. The average molecular weight is 451 g/mol. The molecule has 0 bridgehead atoms. The van der Waals surface area contributed by atoms with Gasteiger partial charge in [0, 0.05) is 6.42 Å². The molecule has 1 aromatic carbocycles. The number of carboxylic acid groups (broad SMARTS) is 1. The van der Waals surface area contributed by atoms with E-state index in [1.165, 1.54) is 6.92 Å². The zero-order chi connectivity index (χ0) is 24.3. The molecule has 0 fully saturated rings. The Labute approximate surface area is 184 Å². The van der Waals surface area contributed by atoms with E-state index in [4.69, 9.17) is 16.6 Å². The molecule has 176 valence electrons. The average Bonchev–Trinajstić information content (AvgIpc) is 2.73. The minimum atomic E-state index is -1.49. The summed E-state index contributed by atoms with van der Waals surface area (Å²) in [5.74, 6) is -4.49. The second-order valence-corrected chi connectivity index (χ2v) is 7.20. The predicted octanol–water partition coefficient (Wildman–Crippen LogP) is -2.63. The van der Waals surface area contributed by atoms with Crippen LogP contribution in [0, 0.1) is 0 Å². The van der Waals surface area contributed by atoms with Crippen LogP contribution in [0.4, 0.5) is 0 Å². The van der Waals surface area contributed by atoms with E-state index in [1.807, 2.05) is 11.4 Å². The maximum Gasteiger partial charge on any atom is 0.322 e. The Morgan fingerprint density at radius 2 is 1.62 bits per heavy atom. The molecular formula is C20H29N5O7. The van der Waals surface area contributed by atoms with Gasteiger partial charge in [0.1, 0.15) is 18.6 Å². The highest BCUT2D eigenvalue weighted by Crippen LogP contribution is 2.05. The van der Waals surface area contributed by atoms with Crippen molar-refractivity contribution in [3.05, 3.63) is 35.9 Å². The van der Waals surface area contributed by atoms with E-state index in [2.05, 4.69) is 10.6 Å². The Kier molecular flexibility index (Phi) is 10.8. The molecule has 12 heteroatoms. The highest BCUT2D eigenvalue weighted by Gasteiger charge is 2.30. The summed E-state index contributed by atoms with van der Waals surface area (Å²) in [6, 6.07) is 5.19. The molecular weight excluding hydrogens is 422 g/mol. The number of aliphatic carboxylic acids is 1. The second kappa shape index (κ2) is 13.0. The summed E-state index contributed by atoms with van der Waals surface area (Å²) < 4.78 is 0. The summed E-state index contributed by atoms with van der Waals surface area (Å²) in [6.45, 7) is 0.506. The second-order valence-electron chi connectivity index (χ2n) is 7.20. The van der Waals surface area contributed by atoms with Crippen molar-refractivity contribution in [2.24, 2.45) is 11.5 Å². The number of nitrogens with two attached hydrogens (primary N) is 2. The van der Waals surface area contributed by atoms with E-state index in [0.717, 1.165) is 5.56 Å². The molecule has 0 heterocycles. The topological polar surface area (TPSA) is 214 Å². The first-order valence-electron chi connectivity index (χ1n) is 9.87. The molecule has 4 amide bonds. The maximum atomic E-state index is 12.7. The predicted molar refractivity (Wildman–Crippen MR) is 113 cm³/mol. The van der Waals surface area contributed by atoms with Gasteiger partial charge in [-0.3, -0.25) is 24.0 Å². The van der Waals surface area contributed by atoms with Crippen molar-refractivity contribution in [2.45, 2.75) is 50.4 Å². The molecule has 9 N–H and O–H groups in total. The van der Waals surface area contributed by atoms with E-state index in [1.54, 1.807) is 24.3 Å². The SMILES string of the molecule is CC(O)C(NC(=O)C(CCC(N)=O)NC(=O)C(N)Cc1ccccc1)C(=O)NCC(=O)O. The minimum Gasteiger partial charge on any atom is -0.480 e. The van der Waals surface area contributed by atoms with Gasteiger partial charge in [-0.15, -0.1) is 0 Å². The van der Waals surface area contributed by atoms with Gasteiger partial charge in [-0.05, 0) is 25.3 Å². The normalized spacial score (nSPS) is 14.3. The van der Waals surface area contributed by atoms with E-state index >= 15 is 0 Å². The van der Waals surface area contributed by atoms with Crippen LogP contribution in [0.1, 0.15) is 25.3 Å². The summed E-state index contributed by atoms with van der Waals surface area (Å²) in [4.78, 5) is 59.1. The summed E-state index contributed by atoms with van der Waals surface area (Å²) in [5, 5.41) is 25.2. The lowest BCUT2D eigenvalue weighted by atomic mass is 10.0. The van der Waals surface area contributed by atoms with Crippen LogP contribution in [0.5, 0.6) is 0 Å². The third-order valence-corrected chi connectivity index (χ3v) is 4.42.